The predicted octanol–water partition coefficient (Wildman–Crippen LogP) is 2.17. The van der Waals surface area contributed by atoms with Gasteiger partial charge in [-0.3, -0.25) is 9.58 Å². The molecule has 3 rings (SSSR count). The van der Waals surface area contributed by atoms with Crippen LogP contribution in [0.25, 0.3) is 0 Å². The lowest BCUT2D eigenvalue weighted by atomic mass is 9.97. The maximum Gasteiger partial charge on any atom is 0.229 e. The van der Waals surface area contributed by atoms with Crippen molar-refractivity contribution in [1.29, 1.82) is 0 Å². The van der Waals surface area contributed by atoms with Crippen LogP contribution in [0.3, 0.4) is 0 Å². The Kier molecular flexibility index (Phi) is 3.65. The monoisotopic (exact) mass is 325 g/mol. The van der Waals surface area contributed by atoms with Crippen molar-refractivity contribution >= 4 is 15.9 Å². The number of halogens is 1. The molecule has 0 spiro atoms. The highest BCUT2D eigenvalue weighted by molar-refractivity contribution is 9.10. The third kappa shape index (κ3) is 3.03. The van der Waals surface area contributed by atoms with E-state index in [1.807, 2.05) is 24.0 Å². The molecular formula is C12H16BrN5O. The summed E-state index contributed by atoms with van der Waals surface area (Å²) in [6.07, 6.45) is 5.93. The molecule has 1 fully saturated rings. The summed E-state index contributed by atoms with van der Waals surface area (Å²) in [4.78, 5) is 6.71. The predicted molar refractivity (Wildman–Crippen MR) is 72.5 cm³/mol. The van der Waals surface area contributed by atoms with Crippen molar-refractivity contribution in [3.05, 3.63) is 28.6 Å². The molecule has 0 radical (unpaired) electrons. The van der Waals surface area contributed by atoms with E-state index in [-0.39, 0.29) is 0 Å². The maximum absolute atomic E-state index is 5.26. The Hall–Kier alpha value is -1.21. The molecule has 0 aromatic carbocycles. The molecule has 0 bridgehead atoms. The largest absolute Gasteiger partial charge is 0.339 e. The van der Waals surface area contributed by atoms with Gasteiger partial charge in [0, 0.05) is 25.2 Å². The summed E-state index contributed by atoms with van der Waals surface area (Å²) >= 11 is 3.41. The Balaban J connectivity index is 1.54. The number of likely N-dealkylation sites (tertiary alicyclic amines) is 1. The number of aromatic nitrogens is 4. The van der Waals surface area contributed by atoms with Crippen molar-refractivity contribution < 1.29 is 4.52 Å². The second-order valence-corrected chi connectivity index (χ2v) is 5.83. The topological polar surface area (TPSA) is 60.0 Å². The lowest BCUT2D eigenvalue weighted by Gasteiger charge is -2.29. The van der Waals surface area contributed by atoms with Crippen LogP contribution < -0.4 is 0 Å². The Morgan fingerprint density at radius 2 is 2.21 bits per heavy atom. The summed E-state index contributed by atoms with van der Waals surface area (Å²) in [6, 6.07) is 0. The third-order valence-electron chi connectivity index (χ3n) is 3.43. The van der Waals surface area contributed by atoms with Crippen molar-refractivity contribution in [2.75, 3.05) is 13.1 Å². The molecule has 0 N–H and O–H groups in total. The van der Waals surface area contributed by atoms with Crippen LogP contribution >= 0.6 is 15.9 Å². The molecule has 19 heavy (non-hydrogen) atoms. The molecule has 3 heterocycles. The molecule has 0 aliphatic carbocycles. The van der Waals surface area contributed by atoms with Crippen LogP contribution in [0.15, 0.2) is 21.4 Å². The Bertz CT molecular complexity index is 544. The summed E-state index contributed by atoms with van der Waals surface area (Å²) < 4.78 is 8.22. The van der Waals surface area contributed by atoms with Crippen molar-refractivity contribution in [2.45, 2.75) is 32.4 Å². The summed E-state index contributed by atoms with van der Waals surface area (Å²) in [5.41, 5.74) is 0. The van der Waals surface area contributed by atoms with E-state index < -0.39 is 0 Å². The van der Waals surface area contributed by atoms with Gasteiger partial charge in [0.1, 0.15) is 0 Å². The summed E-state index contributed by atoms with van der Waals surface area (Å²) in [7, 11) is 0. The quantitative estimate of drug-likeness (QED) is 0.865. The molecule has 0 saturated carbocycles. The number of nitrogens with zero attached hydrogens (tertiary/aromatic N) is 5. The Morgan fingerprint density at radius 3 is 2.79 bits per heavy atom. The average molecular weight is 326 g/mol. The highest BCUT2D eigenvalue weighted by atomic mass is 79.9. The zero-order valence-corrected chi connectivity index (χ0v) is 12.4. The van der Waals surface area contributed by atoms with Crippen LogP contribution in [0, 0.1) is 6.92 Å². The van der Waals surface area contributed by atoms with Crippen LogP contribution in [-0.4, -0.2) is 37.9 Å². The second-order valence-electron chi connectivity index (χ2n) is 4.91. The molecule has 7 heteroatoms. The zero-order valence-electron chi connectivity index (χ0n) is 10.8. The molecule has 6 nitrogen and oxygen atoms in total. The zero-order chi connectivity index (χ0) is 13.2. The SMILES string of the molecule is Cc1noc(C2CCN(Cn3cc(Br)cn3)CC2)n1. The minimum atomic E-state index is 0.404. The molecule has 0 unspecified atom stereocenters. The molecule has 102 valence electrons. The highest BCUT2D eigenvalue weighted by Gasteiger charge is 2.24. The fourth-order valence-corrected chi connectivity index (χ4v) is 2.75. The molecule has 2 aromatic rings. The first-order valence-electron chi connectivity index (χ1n) is 6.41. The van der Waals surface area contributed by atoms with E-state index >= 15 is 0 Å². The van der Waals surface area contributed by atoms with E-state index in [4.69, 9.17) is 4.52 Å². The number of aryl methyl sites for hydroxylation is 1. The van der Waals surface area contributed by atoms with Crippen molar-refractivity contribution in [3.63, 3.8) is 0 Å². The average Bonchev–Trinajstić information content (AvgIpc) is 3.00. The minimum Gasteiger partial charge on any atom is -0.339 e. The van der Waals surface area contributed by atoms with Gasteiger partial charge < -0.3 is 4.52 Å². The van der Waals surface area contributed by atoms with Gasteiger partial charge in [-0.2, -0.15) is 10.1 Å². The van der Waals surface area contributed by atoms with E-state index in [0.717, 1.165) is 48.8 Å². The lowest BCUT2D eigenvalue weighted by molar-refractivity contribution is 0.151. The van der Waals surface area contributed by atoms with Crippen LogP contribution in [0.4, 0.5) is 0 Å². The number of piperidine rings is 1. The van der Waals surface area contributed by atoms with Gasteiger partial charge in [-0.05, 0) is 35.7 Å². The van der Waals surface area contributed by atoms with Crippen LogP contribution in [-0.2, 0) is 6.67 Å². The molecule has 1 aliphatic rings. The molecule has 0 amide bonds. The first-order chi connectivity index (χ1) is 9.20. The Morgan fingerprint density at radius 1 is 1.42 bits per heavy atom. The summed E-state index contributed by atoms with van der Waals surface area (Å²) in [5.74, 6) is 1.92. The van der Waals surface area contributed by atoms with Gasteiger partial charge in [-0.15, -0.1) is 0 Å². The summed E-state index contributed by atoms with van der Waals surface area (Å²) in [6.45, 7) is 4.76. The van der Waals surface area contributed by atoms with E-state index in [0.29, 0.717) is 5.92 Å². The Labute approximate surface area is 119 Å². The summed E-state index contributed by atoms with van der Waals surface area (Å²) in [5, 5.41) is 8.14. The fraction of sp³-hybridized carbons (Fsp3) is 0.583. The van der Waals surface area contributed by atoms with Gasteiger partial charge in [0.15, 0.2) is 5.82 Å². The standard InChI is InChI=1S/C12H16BrN5O/c1-9-15-12(19-16-9)10-2-4-17(5-3-10)8-18-7-11(13)6-14-18/h6-7,10H,2-5,8H2,1H3. The first-order valence-corrected chi connectivity index (χ1v) is 7.20. The normalized spacial score (nSPS) is 18.0. The molecular weight excluding hydrogens is 310 g/mol. The van der Waals surface area contributed by atoms with Gasteiger partial charge in [-0.25, -0.2) is 0 Å². The van der Waals surface area contributed by atoms with E-state index in [9.17, 15) is 0 Å². The molecule has 1 saturated heterocycles. The second kappa shape index (κ2) is 5.42. The molecule has 1 aliphatic heterocycles. The molecule has 2 aromatic heterocycles. The van der Waals surface area contributed by atoms with Crippen molar-refractivity contribution in [3.8, 4) is 0 Å². The first kappa shape index (κ1) is 12.8. The van der Waals surface area contributed by atoms with Crippen LogP contribution in [0.2, 0.25) is 0 Å². The number of hydrogen-bond donors (Lipinski definition) is 0. The minimum absolute atomic E-state index is 0.404. The fourth-order valence-electron chi connectivity index (χ4n) is 2.42. The van der Waals surface area contributed by atoms with E-state index in [1.54, 1.807) is 0 Å². The molecule has 0 atom stereocenters. The third-order valence-corrected chi connectivity index (χ3v) is 3.84. The van der Waals surface area contributed by atoms with Gasteiger partial charge in [0.2, 0.25) is 5.89 Å². The van der Waals surface area contributed by atoms with Gasteiger partial charge in [0.05, 0.1) is 17.3 Å². The number of rotatable bonds is 3. The van der Waals surface area contributed by atoms with E-state index in [2.05, 4.69) is 36.1 Å². The number of hydrogen-bond acceptors (Lipinski definition) is 5. The van der Waals surface area contributed by atoms with Gasteiger partial charge >= 0.3 is 0 Å². The lowest BCUT2D eigenvalue weighted by Crippen LogP contribution is -2.34. The van der Waals surface area contributed by atoms with Gasteiger partial charge in [-0.1, -0.05) is 5.16 Å². The van der Waals surface area contributed by atoms with E-state index in [1.165, 1.54) is 0 Å². The van der Waals surface area contributed by atoms with Gasteiger partial charge in [0.25, 0.3) is 0 Å². The van der Waals surface area contributed by atoms with Crippen molar-refractivity contribution in [2.24, 2.45) is 0 Å². The maximum atomic E-state index is 5.26. The highest BCUT2D eigenvalue weighted by Crippen LogP contribution is 2.26. The van der Waals surface area contributed by atoms with Crippen LogP contribution in [0.1, 0.15) is 30.5 Å². The van der Waals surface area contributed by atoms with Crippen LogP contribution in [0.5, 0.6) is 0 Å². The van der Waals surface area contributed by atoms with Crippen molar-refractivity contribution in [1.82, 2.24) is 24.8 Å². The smallest absolute Gasteiger partial charge is 0.229 e.